The number of carboxylic acids is 1. The lowest BCUT2D eigenvalue weighted by molar-refractivity contribution is -0.131. The molecule has 0 atom stereocenters. The average molecular weight is 264 g/mol. The molecule has 0 aliphatic carbocycles. The number of pyridine rings is 1. The van der Waals surface area contributed by atoms with E-state index in [0.717, 1.165) is 42.7 Å². The van der Waals surface area contributed by atoms with Gasteiger partial charge >= 0.3 is 5.97 Å². The largest absolute Gasteiger partial charge is 0.478 e. The van der Waals surface area contributed by atoms with Gasteiger partial charge in [-0.3, -0.25) is 0 Å². The van der Waals surface area contributed by atoms with Crippen LogP contribution in [0, 0.1) is 0 Å². The number of carbonyl (C=O) groups is 1. The molecule has 0 unspecified atom stereocenters. The molecule has 96 valence electrons. The maximum atomic E-state index is 10.6. The standard InChI is InChI=1S/C13H16N2O2S/c16-12(17)5-4-11-3-1-6-14-13(11)15-7-2-9-18-10-8-15/h1,3-6H,2,7-10H2,(H,16,17)/b5-4+. The summed E-state index contributed by atoms with van der Waals surface area (Å²) in [4.78, 5) is 17.2. The van der Waals surface area contributed by atoms with Crippen LogP contribution in [0.2, 0.25) is 0 Å². The van der Waals surface area contributed by atoms with Crippen LogP contribution in [0.1, 0.15) is 12.0 Å². The fourth-order valence-corrected chi connectivity index (χ4v) is 2.81. The predicted molar refractivity (Wildman–Crippen MR) is 75.1 cm³/mol. The Balaban J connectivity index is 2.22. The van der Waals surface area contributed by atoms with E-state index in [2.05, 4.69) is 9.88 Å². The van der Waals surface area contributed by atoms with Crippen LogP contribution in [0.15, 0.2) is 24.4 Å². The Bertz CT molecular complexity index is 440. The van der Waals surface area contributed by atoms with Gasteiger partial charge in [-0.15, -0.1) is 0 Å². The minimum Gasteiger partial charge on any atom is -0.478 e. The summed E-state index contributed by atoms with van der Waals surface area (Å²) in [7, 11) is 0. The van der Waals surface area contributed by atoms with Crippen LogP contribution in [-0.4, -0.2) is 40.7 Å². The normalized spacial score (nSPS) is 16.8. The van der Waals surface area contributed by atoms with Gasteiger partial charge in [0, 0.05) is 36.7 Å². The smallest absolute Gasteiger partial charge is 0.328 e. The summed E-state index contributed by atoms with van der Waals surface area (Å²) in [5.41, 5.74) is 0.867. The quantitative estimate of drug-likeness (QED) is 0.848. The van der Waals surface area contributed by atoms with Gasteiger partial charge < -0.3 is 10.0 Å². The van der Waals surface area contributed by atoms with Crippen LogP contribution >= 0.6 is 11.8 Å². The molecule has 1 aromatic heterocycles. The Hall–Kier alpha value is -1.49. The number of nitrogens with zero attached hydrogens (tertiary/aromatic N) is 2. The summed E-state index contributed by atoms with van der Waals surface area (Å²) < 4.78 is 0. The molecule has 18 heavy (non-hydrogen) atoms. The topological polar surface area (TPSA) is 53.4 Å². The van der Waals surface area contributed by atoms with Crippen molar-refractivity contribution in [3.63, 3.8) is 0 Å². The summed E-state index contributed by atoms with van der Waals surface area (Å²) in [6.07, 6.45) is 5.67. The predicted octanol–water partition coefficient (Wildman–Crippen LogP) is 2.12. The van der Waals surface area contributed by atoms with Crippen molar-refractivity contribution in [3.05, 3.63) is 30.0 Å². The summed E-state index contributed by atoms with van der Waals surface area (Å²) in [5.74, 6) is 2.23. The molecule has 1 aliphatic rings. The Kier molecular flexibility index (Phi) is 4.64. The van der Waals surface area contributed by atoms with Crippen molar-refractivity contribution in [3.8, 4) is 0 Å². The van der Waals surface area contributed by atoms with Gasteiger partial charge in [-0.25, -0.2) is 9.78 Å². The third-order valence-corrected chi connectivity index (χ3v) is 3.79. The number of aliphatic carboxylic acids is 1. The maximum Gasteiger partial charge on any atom is 0.328 e. The molecule has 2 heterocycles. The fourth-order valence-electron chi connectivity index (χ4n) is 1.92. The highest BCUT2D eigenvalue weighted by molar-refractivity contribution is 7.99. The van der Waals surface area contributed by atoms with E-state index in [1.165, 1.54) is 5.75 Å². The summed E-state index contributed by atoms with van der Waals surface area (Å²) in [6, 6.07) is 3.73. The van der Waals surface area contributed by atoms with Gasteiger partial charge in [0.2, 0.25) is 0 Å². The average Bonchev–Trinajstić information content (AvgIpc) is 2.65. The summed E-state index contributed by atoms with van der Waals surface area (Å²) >= 11 is 1.96. The van der Waals surface area contributed by atoms with Gasteiger partial charge in [0.25, 0.3) is 0 Å². The molecule has 0 aromatic carbocycles. The number of rotatable bonds is 3. The van der Waals surface area contributed by atoms with Gasteiger partial charge in [0.05, 0.1) is 0 Å². The first-order valence-electron chi connectivity index (χ1n) is 5.96. The number of hydrogen-bond acceptors (Lipinski definition) is 4. The number of thioether (sulfide) groups is 1. The molecule has 4 nitrogen and oxygen atoms in total. The molecule has 1 saturated heterocycles. The van der Waals surface area contributed by atoms with Crippen LogP contribution in [0.4, 0.5) is 5.82 Å². The van der Waals surface area contributed by atoms with Crippen LogP contribution < -0.4 is 4.90 Å². The lowest BCUT2D eigenvalue weighted by atomic mass is 10.2. The molecule has 0 bridgehead atoms. The molecule has 0 radical (unpaired) electrons. The van der Waals surface area contributed by atoms with E-state index in [0.29, 0.717) is 0 Å². The number of anilines is 1. The summed E-state index contributed by atoms with van der Waals surface area (Å²) in [5, 5.41) is 8.70. The van der Waals surface area contributed by atoms with Gasteiger partial charge in [-0.1, -0.05) is 0 Å². The second-order valence-electron chi connectivity index (χ2n) is 4.04. The zero-order valence-corrected chi connectivity index (χ0v) is 10.9. The highest BCUT2D eigenvalue weighted by Gasteiger charge is 2.13. The second kappa shape index (κ2) is 6.44. The van der Waals surface area contributed by atoms with E-state index in [1.54, 1.807) is 12.3 Å². The molecule has 0 saturated carbocycles. The molecule has 0 spiro atoms. The van der Waals surface area contributed by atoms with Gasteiger partial charge in [0.15, 0.2) is 0 Å². The van der Waals surface area contributed by atoms with Crippen molar-refractivity contribution in [1.29, 1.82) is 0 Å². The molecular weight excluding hydrogens is 248 g/mol. The highest BCUT2D eigenvalue weighted by Crippen LogP contribution is 2.21. The highest BCUT2D eigenvalue weighted by atomic mass is 32.2. The zero-order chi connectivity index (χ0) is 12.8. The van der Waals surface area contributed by atoms with Gasteiger partial charge in [-0.05, 0) is 30.4 Å². The SMILES string of the molecule is O=C(O)/C=C/c1cccnc1N1CCCSCC1. The Morgan fingerprint density at radius 1 is 1.44 bits per heavy atom. The Morgan fingerprint density at radius 3 is 3.17 bits per heavy atom. The first kappa shape index (κ1) is 13.0. The van der Waals surface area contributed by atoms with Crippen molar-refractivity contribution in [1.82, 2.24) is 4.98 Å². The van der Waals surface area contributed by atoms with E-state index in [4.69, 9.17) is 5.11 Å². The van der Waals surface area contributed by atoms with Crippen molar-refractivity contribution in [2.75, 3.05) is 29.5 Å². The van der Waals surface area contributed by atoms with Crippen molar-refractivity contribution >= 4 is 29.6 Å². The van der Waals surface area contributed by atoms with E-state index in [-0.39, 0.29) is 0 Å². The van der Waals surface area contributed by atoms with Crippen LogP contribution in [0.3, 0.4) is 0 Å². The van der Waals surface area contributed by atoms with Crippen molar-refractivity contribution in [2.45, 2.75) is 6.42 Å². The van der Waals surface area contributed by atoms with E-state index < -0.39 is 5.97 Å². The summed E-state index contributed by atoms with van der Waals surface area (Å²) in [6.45, 7) is 1.95. The maximum absolute atomic E-state index is 10.6. The number of aromatic nitrogens is 1. The van der Waals surface area contributed by atoms with Crippen molar-refractivity contribution in [2.24, 2.45) is 0 Å². The van der Waals surface area contributed by atoms with E-state index in [9.17, 15) is 4.79 Å². The molecule has 5 heteroatoms. The molecular formula is C13H16N2O2S. The molecule has 2 rings (SSSR count). The molecule has 0 amide bonds. The van der Waals surface area contributed by atoms with E-state index >= 15 is 0 Å². The van der Waals surface area contributed by atoms with Crippen LogP contribution in [0.5, 0.6) is 0 Å². The first-order chi connectivity index (χ1) is 8.77. The number of hydrogen-bond donors (Lipinski definition) is 1. The first-order valence-corrected chi connectivity index (χ1v) is 7.11. The third-order valence-electron chi connectivity index (χ3n) is 2.74. The van der Waals surface area contributed by atoms with Crippen molar-refractivity contribution < 1.29 is 9.90 Å². The molecule has 1 aliphatic heterocycles. The fraction of sp³-hybridized carbons (Fsp3) is 0.385. The lowest BCUT2D eigenvalue weighted by Crippen LogP contribution is -2.27. The zero-order valence-electron chi connectivity index (χ0n) is 10.1. The minimum absolute atomic E-state index is 0.867. The Morgan fingerprint density at radius 2 is 2.33 bits per heavy atom. The molecule has 1 fully saturated rings. The lowest BCUT2D eigenvalue weighted by Gasteiger charge is -2.22. The number of carboxylic acid groups (broad SMARTS) is 1. The second-order valence-corrected chi connectivity index (χ2v) is 5.27. The van der Waals surface area contributed by atoms with Gasteiger partial charge in [-0.2, -0.15) is 11.8 Å². The molecule has 1 aromatic rings. The van der Waals surface area contributed by atoms with Crippen LogP contribution in [-0.2, 0) is 4.79 Å². The Labute approximate surface area is 111 Å². The minimum atomic E-state index is -0.934. The van der Waals surface area contributed by atoms with Crippen LogP contribution in [0.25, 0.3) is 6.08 Å². The van der Waals surface area contributed by atoms with E-state index in [1.807, 2.05) is 23.9 Å². The van der Waals surface area contributed by atoms with Gasteiger partial charge in [0.1, 0.15) is 5.82 Å². The molecule has 1 N–H and O–H groups in total. The monoisotopic (exact) mass is 264 g/mol. The third kappa shape index (κ3) is 3.50.